The zero-order valence-corrected chi connectivity index (χ0v) is 28.7. The summed E-state index contributed by atoms with van der Waals surface area (Å²) in [5.41, 5.74) is -0.571. The van der Waals surface area contributed by atoms with Gasteiger partial charge in [-0.15, -0.1) is 0 Å². The van der Waals surface area contributed by atoms with Crippen LogP contribution in [0, 0.1) is 13.8 Å². The van der Waals surface area contributed by atoms with Gasteiger partial charge in [-0.2, -0.15) is 18.3 Å². The van der Waals surface area contributed by atoms with Crippen LogP contribution in [-0.2, 0) is 33.5 Å². The number of aromatic nitrogens is 5. The molecule has 3 amide bonds. The third-order valence-electron chi connectivity index (χ3n) is 9.18. The van der Waals surface area contributed by atoms with Crippen LogP contribution in [0.4, 0.5) is 23.4 Å². The monoisotopic (exact) mass is 720 g/mol. The fraction of sp³-hybridized carbons (Fsp3) is 0.389. The van der Waals surface area contributed by atoms with Gasteiger partial charge >= 0.3 is 6.18 Å². The summed E-state index contributed by atoms with van der Waals surface area (Å²) < 4.78 is 58.1. The Labute approximate surface area is 295 Å². The molecule has 0 unspecified atom stereocenters. The average Bonchev–Trinajstić information content (AvgIpc) is 3.64. The molecule has 2 aliphatic rings. The van der Waals surface area contributed by atoms with Crippen molar-refractivity contribution in [3.05, 3.63) is 77.2 Å². The molecule has 0 radical (unpaired) electrons. The van der Waals surface area contributed by atoms with Crippen LogP contribution in [0.1, 0.15) is 65.7 Å². The number of amides is 3. The molecule has 1 aromatic carbocycles. The highest BCUT2D eigenvalue weighted by atomic mass is 19.4. The molecule has 1 fully saturated rings. The van der Waals surface area contributed by atoms with Gasteiger partial charge in [0.2, 0.25) is 17.7 Å². The van der Waals surface area contributed by atoms with E-state index >= 15 is 4.39 Å². The maximum Gasteiger partial charge on any atom is 0.433 e. The van der Waals surface area contributed by atoms with Crippen molar-refractivity contribution in [3.8, 4) is 11.1 Å². The first kappa shape index (κ1) is 36.3. The molecule has 1 saturated heterocycles. The molecule has 0 aliphatic carbocycles. The van der Waals surface area contributed by atoms with Gasteiger partial charge in [0.15, 0.2) is 5.78 Å². The molecule has 4 aromatic rings. The van der Waals surface area contributed by atoms with Gasteiger partial charge in [0.1, 0.15) is 41.3 Å². The van der Waals surface area contributed by atoms with Crippen LogP contribution < -0.4 is 10.6 Å². The number of carbonyl (C=O) groups is 4. The number of hydrogen-bond acceptors (Lipinski definition) is 8. The van der Waals surface area contributed by atoms with Crippen molar-refractivity contribution in [2.75, 3.05) is 18.4 Å². The Kier molecular flexibility index (Phi) is 9.92. The van der Waals surface area contributed by atoms with Crippen LogP contribution in [0.25, 0.3) is 22.0 Å². The zero-order valence-electron chi connectivity index (χ0n) is 28.7. The SMILES string of the molecule is CC(=O)c1nn2c3c(cc(-c4cnc(C)nc4)cc13)CC=CCCCC(=O)NC[C@]1(F)C[C@@H](C(=O)Nc3nc(C(F)(F)F)ccc3C)N(C1)C(=O)C2. The van der Waals surface area contributed by atoms with E-state index in [1.165, 1.54) is 18.5 Å². The van der Waals surface area contributed by atoms with Gasteiger partial charge in [0.05, 0.1) is 18.6 Å². The maximum absolute atomic E-state index is 16.5. The van der Waals surface area contributed by atoms with Crippen LogP contribution in [0.5, 0.6) is 0 Å². The normalized spacial score (nSPS) is 20.1. The van der Waals surface area contributed by atoms with Crippen molar-refractivity contribution in [2.24, 2.45) is 0 Å². The molecule has 5 heterocycles. The summed E-state index contributed by atoms with van der Waals surface area (Å²) >= 11 is 0. The lowest BCUT2D eigenvalue weighted by Gasteiger charge is -2.24. The summed E-state index contributed by atoms with van der Waals surface area (Å²) in [4.78, 5) is 66.5. The van der Waals surface area contributed by atoms with Gasteiger partial charge in [-0.25, -0.2) is 19.3 Å². The first-order valence-corrected chi connectivity index (χ1v) is 16.7. The van der Waals surface area contributed by atoms with E-state index in [1.807, 2.05) is 18.2 Å². The third-order valence-corrected chi connectivity index (χ3v) is 9.18. The van der Waals surface area contributed by atoms with Crippen molar-refractivity contribution in [1.29, 1.82) is 0 Å². The van der Waals surface area contributed by atoms with Crippen LogP contribution >= 0.6 is 0 Å². The number of ketones is 1. The van der Waals surface area contributed by atoms with Gasteiger partial charge in [-0.3, -0.25) is 23.9 Å². The number of pyridine rings is 1. The number of benzene rings is 1. The summed E-state index contributed by atoms with van der Waals surface area (Å²) in [7, 11) is 0. The third kappa shape index (κ3) is 7.70. The van der Waals surface area contributed by atoms with Crippen molar-refractivity contribution >= 4 is 40.2 Å². The number of fused-ring (bicyclic) bond motifs is 2. The number of aryl methyl sites for hydroxylation is 2. The Morgan fingerprint density at radius 2 is 1.81 bits per heavy atom. The predicted octanol–water partition coefficient (Wildman–Crippen LogP) is 5.07. The average molecular weight is 721 g/mol. The number of anilines is 1. The summed E-state index contributed by atoms with van der Waals surface area (Å²) in [6.07, 6.45) is 3.33. The van der Waals surface area contributed by atoms with E-state index in [1.54, 1.807) is 25.4 Å². The van der Waals surface area contributed by atoms with E-state index in [-0.39, 0.29) is 29.3 Å². The van der Waals surface area contributed by atoms with Crippen molar-refractivity contribution < 1.29 is 36.7 Å². The smallest absolute Gasteiger partial charge is 0.353 e. The molecule has 2 aliphatic heterocycles. The molecule has 3 aromatic heterocycles. The molecular formula is C36H36F4N8O4. The minimum Gasteiger partial charge on any atom is -0.353 e. The molecule has 52 heavy (non-hydrogen) atoms. The number of carbonyl (C=O) groups excluding carboxylic acids is 4. The van der Waals surface area contributed by atoms with Gasteiger partial charge in [-0.05, 0) is 68.0 Å². The second-order valence-electron chi connectivity index (χ2n) is 13.2. The quantitative estimate of drug-likeness (QED) is 0.169. The number of Topliss-reactive ketones (excluding diaryl/α,β-unsaturated/α-hetero) is 1. The topological polar surface area (TPSA) is 152 Å². The predicted molar refractivity (Wildman–Crippen MR) is 182 cm³/mol. The molecule has 6 rings (SSSR count). The van der Waals surface area contributed by atoms with E-state index < -0.39 is 67.4 Å². The molecule has 16 heteroatoms. The van der Waals surface area contributed by atoms with Gasteiger partial charge < -0.3 is 15.5 Å². The van der Waals surface area contributed by atoms with Gasteiger partial charge in [0, 0.05) is 43.1 Å². The van der Waals surface area contributed by atoms with Crippen molar-refractivity contribution in [1.82, 2.24) is 34.9 Å². The fourth-order valence-electron chi connectivity index (χ4n) is 6.49. The van der Waals surface area contributed by atoms with Crippen molar-refractivity contribution in [3.63, 3.8) is 0 Å². The number of hydrogen-bond donors (Lipinski definition) is 2. The summed E-state index contributed by atoms with van der Waals surface area (Å²) in [5, 5.41) is 9.92. The molecule has 2 atom stereocenters. The Morgan fingerprint density at radius 3 is 2.52 bits per heavy atom. The Bertz CT molecular complexity index is 2100. The highest BCUT2D eigenvalue weighted by Gasteiger charge is 2.50. The van der Waals surface area contributed by atoms with Gasteiger partial charge in [-0.1, -0.05) is 18.2 Å². The molecule has 12 nitrogen and oxygen atoms in total. The highest BCUT2D eigenvalue weighted by molar-refractivity contribution is 6.07. The molecule has 0 spiro atoms. The molecule has 2 bridgehead atoms. The Morgan fingerprint density at radius 1 is 1.06 bits per heavy atom. The molecular weight excluding hydrogens is 684 g/mol. The van der Waals surface area contributed by atoms with E-state index in [0.29, 0.717) is 52.7 Å². The lowest BCUT2D eigenvalue weighted by Crippen LogP contribution is -2.45. The van der Waals surface area contributed by atoms with Crippen molar-refractivity contribution in [2.45, 2.75) is 77.3 Å². The number of allylic oxidation sites excluding steroid dienone is 2. The van der Waals surface area contributed by atoms with Crippen LogP contribution in [0.3, 0.4) is 0 Å². The number of alkyl halides is 4. The lowest BCUT2D eigenvalue weighted by atomic mass is 9.98. The van der Waals surface area contributed by atoms with Crippen LogP contribution in [0.2, 0.25) is 0 Å². The summed E-state index contributed by atoms with van der Waals surface area (Å²) in [6.45, 7) is 2.97. The van der Waals surface area contributed by atoms with E-state index in [0.717, 1.165) is 17.0 Å². The minimum atomic E-state index is -4.79. The molecule has 0 saturated carbocycles. The van der Waals surface area contributed by atoms with Gasteiger partial charge in [0.25, 0.3) is 0 Å². The number of halogens is 4. The second kappa shape index (κ2) is 14.2. The zero-order chi connectivity index (χ0) is 37.4. The number of nitrogens with zero attached hydrogens (tertiary/aromatic N) is 6. The largest absolute Gasteiger partial charge is 0.433 e. The summed E-state index contributed by atoms with van der Waals surface area (Å²) in [6, 6.07) is 4.10. The van der Waals surface area contributed by atoms with Crippen LogP contribution in [0.15, 0.2) is 48.8 Å². The molecule has 272 valence electrons. The maximum atomic E-state index is 16.5. The second-order valence-corrected chi connectivity index (χ2v) is 13.2. The number of nitrogens with one attached hydrogen (secondary N) is 2. The van der Waals surface area contributed by atoms with E-state index in [2.05, 4.69) is 30.7 Å². The standard InChI is InChI=1S/C36H36F4N8O4/c1-20-10-11-28(36(38,39)40)44-33(20)45-34(52)27-14-35(37)18-43-29(50)9-7-5-4-6-8-23-12-24(25-15-41-22(3)42-16-25)13-26-31(21(2)49)46-48(32(23)26)17-30(51)47(27)19-35/h4,6,10-13,15-16,27H,5,7-9,14,17-19H2,1-3H3,(H,43,50)(H,44,45,52)/t27-,35+/m0/s1. The number of rotatable bonds is 4. The fourth-order valence-corrected chi connectivity index (χ4v) is 6.49. The first-order chi connectivity index (χ1) is 24.6. The Balaban J connectivity index is 1.42. The minimum absolute atomic E-state index is 0.0988. The van der Waals surface area contributed by atoms with E-state index in [4.69, 9.17) is 0 Å². The molecule has 2 N–H and O–H groups in total. The highest BCUT2D eigenvalue weighted by Crippen LogP contribution is 2.35. The lowest BCUT2D eigenvalue weighted by molar-refractivity contribution is -0.141. The Hall–Kier alpha value is -5.54. The van der Waals surface area contributed by atoms with Crippen LogP contribution in [-0.4, -0.2) is 77.9 Å². The first-order valence-electron chi connectivity index (χ1n) is 16.7. The van der Waals surface area contributed by atoms with E-state index in [9.17, 15) is 32.3 Å². The summed E-state index contributed by atoms with van der Waals surface area (Å²) in [5.74, 6) is -2.26.